The summed E-state index contributed by atoms with van der Waals surface area (Å²) in [4.78, 5) is 28.4. The number of nitrogens with zero attached hydrogens (tertiary/aromatic N) is 2. The van der Waals surface area contributed by atoms with Crippen molar-refractivity contribution in [2.75, 3.05) is 23.7 Å². The summed E-state index contributed by atoms with van der Waals surface area (Å²) in [6.45, 7) is 3.53. The molecule has 0 spiro atoms. The molecule has 37 heavy (non-hydrogen) atoms. The van der Waals surface area contributed by atoms with Gasteiger partial charge in [-0.1, -0.05) is 60.2 Å². The summed E-state index contributed by atoms with van der Waals surface area (Å²) in [5, 5.41) is 2.79. The summed E-state index contributed by atoms with van der Waals surface area (Å²) in [5.41, 5.74) is 2.74. The molecule has 3 aromatic rings. The second-order valence-electron chi connectivity index (χ2n) is 8.85. The number of rotatable bonds is 11. The molecule has 0 aliphatic carbocycles. The molecular weight excluding hydrogens is 493 g/mol. The van der Waals surface area contributed by atoms with Crippen LogP contribution in [0.1, 0.15) is 23.6 Å². The van der Waals surface area contributed by atoms with Gasteiger partial charge in [-0.2, -0.15) is 0 Å². The van der Waals surface area contributed by atoms with Gasteiger partial charge in [-0.05, 0) is 49.2 Å². The number of sulfonamides is 1. The molecule has 1 N–H and O–H groups in total. The summed E-state index contributed by atoms with van der Waals surface area (Å²) in [5.74, 6) is -1.33. The number of carbonyl (C=O) groups is 2. The molecule has 0 unspecified atom stereocenters. The van der Waals surface area contributed by atoms with Crippen molar-refractivity contribution >= 4 is 27.5 Å². The Labute approximate surface area is 218 Å². The molecule has 0 heterocycles. The standard InChI is InChI=1S/C28H32FN3O4S/c1-4-30-28(34)26(18-22-8-6-5-7-9-22)31(19-23-12-14-24(29)15-13-23)27(33)20-32(37(3,35)36)25-16-10-21(2)11-17-25/h5-17,26H,4,18-20H2,1-3H3,(H,30,34)/t26-/m0/s1. The third kappa shape index (κ3) is 7.88. The van der Waals surface area contributed by atoms with Crippen LogP contribution >= 0.6 is 0 Å². The third-order valence-electron chi connectivity index (χ3n) is 5.89. The van der Waals surface area contributed by atoms with Gasteiger partial charge in [0.05, 0.1) is 11.9 Å². The Bertz CT molecular complexity index is 1300. The highest BCUT2D eigenvalue weighted by molar-refractivity contribution is 7.92. The predicted octanol–water partition coefficient (Wildman–Crippen LogP) is 3.68. The van der Waals surface area contributed by atoms with E-state index in [0.717, 1.165) is 21.7 Å². The number of anilines is 1. The lowest BCUT2D eigenvalue weighted by Crippen LogP contribution is -2.53. The van der Waals surface area contributed by atoms with E-state index in [1.807, 2.05) is 37.3 Å². The van der Waals surface area contributed by atoms with E-state index in [2.05, 4.69) is 5.32 Å². The number of nitrogens with one attached hydrogen (secondary N) is 1. The van der Waals surface area contributed by atoms with Crippen LogP contribution in [0.3, 0.4) is 0 Å². The van der Waals surface area contributed by atoms with Crippen LogP contribution < -0.4 is 9.62 Å². The van der Waals surface area contributed by atoms with Crippen molar-refractivity contribution in [2.24, 2.45) is 0 Å². The number of aryl methyl sites for hydroxylation is 1. The van der Waals surface area contributed by atoms with E-state index in [0.29, 0.717) is 17.8 Å². The molecule has 0 aliphatic heterocycles. The van der Waals surface area contributed by atoms with E-state index in [4.69, 9.17) is 0 Å². The van der Waals surface area contributed by atoms with Gasteiger partial charge in [0.25, 0.3) is 0 Å². The van der Waals surface area contributed by atoms with Crippen LogP contribution in [0.5, 0.6) is 0 Å². The summed E-state index contributed by atoms with van der Waals surface area (Å²) in [6, 6.07) is 20.8. The highest BCUT2D eigenvalue weighted by Gasteiger charge is 2.32. The minimum Gasteiger partial charge on any atom is -0.355 e. The highest BCUT2D eigenvalue weighted by Crippen LogP contribution is 2.21. The SMILES string of the molecule is CCNC(=O)[C@H](Cc1ccccc1)N(Cc1ccc(F)cc1)C(=O)CN(c1ccc(C)cc1)S(C)(=O)=O. The Morgan fingerprint density at radius 1 is 0.919 bits per heavy atom. The Morgan fingerprint density at radius 2 is 1.54 bits per heavy atom. The number of amides is 2. The van der Waals surface area contributed by atoms with Crippen LogP contribution in [0.25, 0.3) is 0 Å². The van der Waals surface area contributed by atoms with Crippen LogP contribution in [-0.2, 0) is 32.6 Å². The molecule has 7 nitrogen and oxygen atoms in total. The van der Waals surface area contributed by atoms with Crippen molar-refractivity contribution in [1.29, 1.82) is 0 Å². The number of benzene rings is 3. The average molecular weight is 526 g/mol. The minimum absolute atomic E-state index is 0.000746. The van der Waals surface area contributed by atoms with Crippen LogP contribution in [-0.4, -0.2) is 50.5 Å². The Hall–Kier alpha value is -3.72. The zero-order valence-electron chi connectivity index (χ0n) is 21.2. The molecule has 3 rings (SSSR count). The molecule has 3 aromatic carbocycles. The van der Waals surface area contributed by atoms with Gasteiger partial charge < -0.3 is 10.2 Å². The Morgan fingerprint density at radius 3 is 2.11 bits per heavy atom. The Balaban J connectivity index is 2.02. The lowest BCUT2D eigenvalue weighted by atomic mass is 10.0. The van der Waals surface area contributed by atoms with Gasteiger partial charge in [0.2, 0.25) is 21.8 Å². The van der Waals surface area contributed by atoms with Crippen LogP contribution in [0.2, 0.25) is 0 Å². The fraction of sp³-hybridized carbons (Fsp3) is 0.286. The average Bonchev–Trinajstić information content (AvgIpc) is 2.86. The molecule has 2 amide bonds. The van der Waals surface area contributed by atoms with Crippen LogP contribution in [0.4, 0.5) is 10.1 Å². The van der Waals surface area contributed by atoms with E-state index in [1.165, 1.54) is 17.0 Å². The Kier molecular flexibility index (Phi) is 9.41. The molecule has 0 fully saturated rings. The fourth-order valence-corrected chi connectivity index (χ4v) is 4.81. The minimum atomic E-state index is -3.82. The molecule has 0 aromatic heterocycles. The summed E-state index contributed by atoms with van der Waals surface area (Å²) in [6.07, 6.45) is 1.26. The van der Waals surface area contributed by atoms with Gasteiger partial charge in [-0.3, -0.25) is 13.9 Å². The van der Waals surface area contributed by atoms with Gasteiger partial charge in [0, 0.05) is 19.5 Å². The van der Waals surface area contributed by atoms with Crippen LogP contribution in [0.15, 0.2) is 78.9 Å². The zero-order valence-corrected chi connectivity index (χ0v) is 22.0. The maximum atomic E-state index is 13.8. The molecule has 0 aliphatic rings. The van der Waals surface area contributed by atoms with Crippen molar-refractivity contribution in [2.45, 2.75) is 32.9 Å². The monoisotopic (exact) mass is 525 g/mol. The van der Waals surface area contributed by atoms with Crippen molar-refractivity contribution in [3.8, 4) is 0 Å². The number of carbonyl (C=O) groups excluding carboxylic acids is 2. The number of likely N-dealkylation sites (N-methyl/N-ethyl adjacent to an activating group) is 1. The van der Waals surface area contributed by atoms with Gasteiger partial charge >= 0.3 is 0 Å². The quantitative estimate of drug-likeness (QED) is 0.414. The molecular formula is C28H32FN3O4S. The molecule has 0 radical (unpaired) electrons. The number of halogens is 1. The number of hydrogen-bond acceptors (Lipinski definition) is 4. The largest absolute Gasteiger partial charge is 0.355 e. The predicted molar refractivity (Wildman–Crippen MR) is 143 cm³/mol. The summed E-state index contributed by atoms with van der Waals surface area (Å²) < 4.78 is 40.0. The van der Waals surface area contributed by atoms with E-state index >= 15 is 0 Å². The first-order valence-corrected chi connectivity index (χ1v) is 13.8. The molecule has 0 saturated carbocycles. The summed E-state index contributed by atoms with van der Waals surface area (Å²) >= 11 is 0. The second kappa shape index (κ2) is 12.5. The van der Waals surface area contributed by atoms with Crippen molar-refractivity contribution in [3.05, 3.63) is 101 Å². The molecule has 0 bridgehead atoms. The molecule has 1 atom stereocenters. The van der Waals surface area contributed by atoms with E-state index in [9.17, 15) is 22.4 Å². The molecule has 0 saturated heterocycles. The maximum Gasteiger partial charge on any atom is 0.244 e. The van der Waals surface area contributed by atoms with Crippen molar-refractivity contribution < 1.29 is 22.4 Å². The van der Waals surface area contributed by atoms with E-state index in [1.54, 1.807) is 43.3 Å². The first kappa shape index (κ1) is 27.9. The fourth-order valence-electron chi connectivity index (χ4n) is 3.96. The van der Waals surface area contributed by atoms with Gasteiger partial charge in [0.1, 0.15) is 18.4 Å². The smallest absolute Gasteiger partial charge is 0.244 e. The zero-order chi connectivity index (χ0) is 27.0. The molecule has 196 valence electrons. The lowest BCUT2D eigenvalue weighted by Gasteiger charge is -2.33. The lowest BCUT2D eigenvalue weighted by molar-refractivity contribution is -0.140. The normalized spacial score (nSPS) is 12.0. The van der Waals surface area contributed by atoms with Crippen LogP contribution in [0, 0.1) is 12.7 Å². The number of hydrogen-bond donors (Lipinski definition) is 1. The topological polar surface area (TPSA) is 86.8 Å². The van der Waals surface area contributed by atoms with E-state index in [-0.39, 0.29) is 18.9 Å². The van der Waals surface area contributed by atoms with Crippen molar-refractivity contribution in [1.82, 2.24) is 10.2 Å². The highest BCUT2D eigenvalue weighted by atomic mass is 32.2. The van der Waals surface area contributed by atoms with Gasteiger partial charge in [-0.15, -0.1) is 0 Å². The third-order valence-corrected chi connectivity index (χ3v) is 7.03. The molecule has 9 heteroatoms. The summed E-state index contributed by atoms with van der Waals surface area (Å²) in [7, 11) is -3.82. The van der Waals surface area contributed by atoms with Crippen molar-refractivity contribution in [3.63, 3.8) is 0 Å². The second-order valence-corrected chi connectivity index (χ2v) is 10.8. The maximum absolute atomic E-state index is 13.8. The van der Waals surface area contributed by atoms with Gasteiger partial charge in [0.15, 0.2) is 0 Å². The first-order valence-electron chi connectivity index (χ1n) is 12.0. The first-order chi connectivity index (χ1) is 17.6. The van der Waals surface area contributed by atoms with Gasteiger partial charge in [-0.25, -0.2) is 12.8 Å². The van der Waals surface area contributed by atoms with E-state index < -0.39 is 34.3 Å².